The highest BCUT2D eigenvalue weighted by atomic mass is 35.5. The molecule has 0 aliphatic heterocycles. The summed E-state index contributed by atoms with van der Waals surface area (Å²) in [6, 6.07) is 15.3. The Balaban J connectivity index is 2.13. The lowest BCUT2D eigenvalue weighted by Gasteiger charge is -2.09. The molecule has 0 atom stereocenters. The molecular weight excluding hydrogens is 348 g/mol. The number of benzene rings is 2. The van der Waals surface area contributed by atoms with Crippen molar-refractivity contribution in [3.05, 3.63) is 86.0 Å². The number of para-hydroxylation sites is 1. The molecule has 0 aliphatic rings. The average Bonchev–Trinajstić information content (AvgIpc) is 2.58. The van der Waals surface area contributed by atoms with Crippen molar-refractivity contribution in [1.29, 1.82) is 0 Å². The largest absolute Gasteiger partial charge is 0.333 e. The highest BCUT2D eigenvalue weighted by Gasteiger charge is 2.15. The van der Waals surface area contributed by atoms with Gasteiger partial charge in [0.15, 0.2) is 6.29 Å². The van der Waals surface area contributed by atoms with Crippen LogP contribution < -0.4 is 11.2 Å². The number of hydrogen-bond acceptors (Lipinski definition) is 4. The van der Waals surface area contributed by atoms with E-state index in [0.717, 1.165) is 21.2 Å². The molecule has 0 amide bonds. The van der Waals surface area contributed by atoms with Gasteiger partial charge in [-0.05, 0) is 36.4 Å². The number of hydrogen-bond donors (Lipinski definition) is 1. The number of nitrogens with zero attached hydrogens (tertiary/aromatic N) is 1. The van der Waals surface area contributed by atoms with Crippen molar-refractivity contribution in [3.63, 3.8) is 0 Å². The Morgan fingerprint density at radius 2 is 1.67 bits per heavy atom. The van der Waals surface area contributed by atoms with E-state index in [2.05, 4.69) is 4.98 Å². The van der Waals surface area contributed by atoms with Crippen LogP contribution in [0.15, 0.2) is 74.1 Å². The van der Waals surface area contributed by atoms with Crippen LogP contribution in [0.2, 0.25) is 5.02 Å². The van der Waals surface area contributed by atoms with E-state index in [-0.39, 0.29) is 10.6 Å². The number of carbonyl (C=O) groups is 1. The summed E-state index contributed by atoms with van der Waals surface area (Å²) in [5.74, 6) is 0. The Morgan fingerprint density at radius 1 is 1.00 bits per heavy atom. The minimum atomic E-state index is -0.656. The number of halogens is 1. The van der Waals surface area contributed by atoms with Gasteiger partial charge in [0.2, 0.25) is 0 Å². The fraction of sp³-hybridized carbons (Fsp3) is 0. The van der Waals surface area contributed by atoms with Crippen molar-refractivity contribution < 1.29 is 4.79 Å². The highest BCUT2D eigenvalue weighted by Crippen LogP contribution is 2.27. The van der Waals surface area contributed by atoms with Crippen LogP contribution >= 0.6 is 23.4 Å². The van der Waals surface area contributed by atoms with Crippen LogP contribution in [0.25, 0.3) is 5.69 Å². The Labute approximate surface area is 145 Å². The third kappa shape index (κ3) is 3.20. The SMILES string of the molecule is O=Cc1c(Sc2ccc(Cl)cc2)[nH]c(=O)n(-c2ccccc2)c1=O. The summed E-state index contributed by atoms with van der Waals surface area (Å²) in [4.78, 5) is 39.7. The van der Waals surface area contributed by atoms with Gasteiger partial charge in [-0.15, -0.1) is 0 Å². The summed E-state index contributed by atoms with van der Waals surface area (Å²) < 4.78 is 0.940. The third-order valence-electron chi connectivity index (χ3n) is 3.27. The van der Waals surface area contributed by atoms with Gasteiger partial charge in [0.25, 0.3) is 5.56 Å². The summed E-state index contributed by atoms with van der Waals surface area (Å²) in [5, 5.41) is 0.775. The zero-order valence-corrected chi connectivity index (χ0v) is 13.8. The molecule has 0 fully saturated rings. The molecule has 24 heavy (non-hydrogen) atoms. The van der Waals surface area contributed by atoms with E-state index in [1.54, 1.807) is 54.6 Å². The van der Waals surface area contributed by atoms with E-state index in [4.69, 9.17) is 11.6 Å². The summed E-state index contributed by atoms with van der Waals surface area (Å²) in [5.41, 5.74) is -0.960. The van der Waals surface area contributed by atoms with Crippen molar-refractivity contribution in [2.45, 2.75) is 9.92 Å². The van der Waals surface area contributed by atoms with Gasteiger partial charge in [0, 0.05) is 9.92 Å². The second kappa shape index (κ2) is 6.90. The van der Waals surface area contributed by atoms with Crippen LogP contribution in [0.3, 0.4) is 0 Å². The summed E-state index contributed by atoms with van der Waals surface area (Å²) in [7, 11) is 0. The second-order valence-electron chi connectivity index (χ2n) is 4.82. The zero-order chi connectivity index (χ0) is 17.1. The molecule has 0 unspecified atom stereocenters. The summed E-state index contributed by atoms with van der Waals surface area (Å²) >= 11 is 6.96. The molecule has 0 bridgehead atoms. The molecule has 0 saturated heterocycles. The third-order valence-corrected chi connectivity index (χ3v) is 4.55. The van der Waals surface area contributed by atoms with E-state index < -0.39 is 11.2 Å². The van der Waals surface area contributed by atoms with Crippen LogP contribution in [0.4, 0.5) is 0 Å². The van der Waals surface area contributed by atoms with Crippen LogP contribution in [-0.2, 0) is 0 Å². The minimum absolute atomic E-state index is 0.0987. The average molecular weight is 359 g/mol. The number of aromatic amines is 1. The Bertz CT molecular complexity index is 995. The standard InChI is InChI=1S/C17H11ClN2O3S/c18-11-6-8-13(9-7-11)24-15-14(10-21)16(22)20(17(23)19-15)12-4-2-1-3-5-12/h1-10H,(H,19,23). The second-order valence-corrected chi connectivity index (χ2v) is 6.34. The Morgan fingerprint density at radius 3 is 2.29 bits per heavy atom. The number of aldehydes is 1. The molecule has 3 rings (SSSR count). The number of carbonyl (C=O) groups excluding carboxylic acids is 1. The topological polar surface area (TPSA) is 71.9 Å². The van der Waals surface area contributed by atoms with Gasteiger partial charge in [-0.25, -0.2) is 9.36 Å². The molecule has 1 N–H and O–H groups in total. The van der Waals surface area contributed by atoms with Gasteiger partial charge in [-0.2, -0.15) is 0 Å². The highest BCUT2D eigenvalue weighted by molar-refractivity contribution is 7.99. The first-order valence-electron chi connectivity index (χ1n) is 6.93. The molecule has 2 aromatic carbocycles. The molecule has 0 aliphatic carbocycles. The van der Waals surface area contributed by atoms with Gasteiger partial charge in [0.1, 0.15) is 5.56 Å². The van der Waals surface area contributed by atoms with E-state index in [9.17, 15) is 14.4 Å². The summed E-state index contributed by atoms with van der Waals surface area (Å²) in [6.07, 6.45) is 0.454. The molecule has 0 saturated carbocycles. The van der Waals surface area contributed by atoms with Crippen molar-refractivity contribution in [2.75, 3.05) is 0 Å². The van der Waals surface area contributed by atoms with Crippen LogP contribution in [0.1, 0.15) is 10.4 Å². The van der Waals surface area contributed by atoms with Crippen molar-refractivity contribution in [2.24, 2.45) is 0 Å². The first kappa shape index (κ1) is 16.3. The molecule has 1 aromatic heterocycles. The van der Waals surface area contributed by atoms with E-state index in [0.29, 0.717) is 17.0 Å². The predicted molar refractivity (Wildman–Crippen MR) is 93.6 cm³/mol. The normalized spacial score (nSPS) is 10.5. The lowest BCUT2D eigenvalue weighted by Crippen LogP contribution is -2.36. The van der Waals surface area contributed by atoms with Gasteiger partial charge in [-0.3, -0.25) is 9.59 Å². The van der Waals surface area contributed by atoms with Gasteiger partial charge >= 0.3 is 5.69 Å². The van der Waals surface area contributed by atoms with E-state index >= 15 is 0 Å². The Kier molecular flexibility index (Phi) is 4.69. The van der Waals surface area contributed by atoms with Crippen molar-refractivity contribution >= 4 is 29.6 Å². The maximum Gasteiger partial charge on any atom is 0.333 e. The number of nitrogens with one attached hydrogen (secondary N) is 1. The van der Waals surface area contributed by atoms with Gasteiger partial charge < -0.3 is 4.98 Å². The van der Waals surface area contributed by atoms with Crippen LogP contribution in [0.5, 0.6) is 0 Å². The quantitative estimate of drug-likeness (QED) is 0.574. The molecule has 0 spiro atoms. The van der Waals surface area contributed by atoms with Crippen LogP contribution in [0, 0.1) is 0 Å². The monoisotopic (exact) mass is 358 g/mol. The zero-order valence-electron chi connectivity index (χ0n) is 12.2. The van der Waals surface area contributed by atoms with E-state index in [1.165, 1.54) is 0 Å². The van der Waals surface area contributed by atoms with Crippen molar-refractivity contribution in [1.82, 2.24) is 9.55 Å². The Hall–Kier alpha value is -2.57. The lowest BCUT2D eigenvalue weighted by molar-refractivity contribution is 0.111. The van der Waals surface area contributed by atoms with Gasteiger partial charge in [-0.1, -0.05) is 41.6 Å². The first-order chi connectivity index (χ1) is 11.6. The number of aromatic nitrogens is 2. The molecule has 120 valence electrons. The maximum absolute atomic E-state index is 12.6. The fourth-order valence-electron chi connectivity index (χ4n) is 2.15. The molecule has 5 nitrogen and oxygen atoms in total. The smallest absolute Gasteiger partial charge is 0.300 e. The fourth-order valence-corrected chi connectivity index (χ4v) is 3.16. The number of H-pyrrole nitrogens is 1. The maximum atomic E-state index is 12.6. The van der Waals surface area contributed by atoms with E-state index in [1.807, 2.05) is 0 Å². The molecule has 1 heterocycles. The lowest BCUT2D eigenvalue weighted by atomic mass is 10.3. The molecule has 3 aromatic rings. The van der Waals surface area contributed by atoms with Crippen molar-refractivity contribution in [3.8, 4) is 5.69 Å². The predicted octanol–water partition coefficient (Wildman–Crippen LogP) is 3.14. The van der Waals surface area contributed by atoms with Crippen LogP contribution in [-0.4, -0.2) is 15.8 Å². The van der Waals surface area contributed by atoms with Gasteiger partial charge in [0.05, 0.1) is 10.7 Å². The molecular formula is C17H11ClN2O3S. The molecule has 7 heteroatoms. The minimum Gasteiger partial charge on any atom is -0.300 e. The number of rotatable bonds is 4. The summed E-state index contributed by atoms with van der Waals surface area (Å²) in [6.45, 7) is 0. The first-order valence-corrected chi connectivity index (χ1v) is 8.13. The molecule has 0 radical (unpaired) electrons.